The fourth-order valence-electron chi connectivity index (χ4n) is 2.27. The minimum atomic E-state index is -0.629. The molecule has 1 aliphatic heterocycles. The number of hydrogen-bond donors (Lipinski definition) is 2. The van der Waals surface area contributed by atoms with Crippen LogP contribution in [-0.4, -0.2) is 35.1 Å². The van der Waals surface area contributed by atoms with Crippen molar-refractivity contribution >= 4 is 5.91 Å². The summed E-state index contributed by atoms with van der Waals surface area (Å²) < 4.78 is 0. The maximum Gasteiger partial charge on any atom is 0.244 e. The summed E-state index contributed by atoms with van der Waals surface area (Å²) in [6.45, 7) is 3.09. The first-order chi connectivity index (χ1) is 8.58. The number of nitrogens with two attached hydrogens (primary N) is 1. The minimum Gasteiger partial charge on any atom is -0.391 e. The summed E-state index contributed by atoms with van der Waals surface area (Å²) in [4.78, 5) is 13.9. The Kier molecular flexibility index (Phi) is 3.99. The molecule has 18 heavy (non-hydrogen) atoms. The minimum absolute atomic E-state index is 0.0994. The number of β-amino-alcohol motifs (C(OH)–C–C–N with tert-alkyl or cyclic N) is 1. The van der Waals surface area contributed by atoms with Gasteiger partial charge in [-0.1, -0.05) is 29.8 Å². The van der Waals surface area contributed by atoms with Gasteiger partial charge in [-0.3, -0.25) is 4.79 Å². The molecular weight excluding hydrogens is 228 g/mol. The number of hydrogen-bond acceptors (Lipinski definition) is 3. The highest BCUT2D eigenvalue weighted by molar-refractivity contribution is 5.83. The Hall–Kier alpha value is -1.39. The predicted molar refractivity (Wildman–Crippen MR) is 69.9 cm³/mol. The Morgan fingerprint density at radius 3 is 2.72 bits per heavy atom. The molecule has 2 rings (SSSR count). The van der Waals surface area contributed by atoms with Crippen LogP contribution in [0.1, 0.15) is 30.0 Å². The summed E-state index contributed by atoms with van der Waals surface area (Å²) in [6, 6.07) is 7.05. The number of aryl methyl sites for hydroxylation is 1. The smallest absolute Gasteiger partial charge is 0.244 e. The van der Waals surface area contributed by atoms with E-state index in [9.17, 15) is 9.90 Å². The SMILES string of the molecule is Cc1ccc(C(N)C(=O)N2CCCC(O)C2)cc1. The van der Waals surface area contributed by atoms with Crippen LogP contribution >= 0.6 is 0 Å². The van der Waals surface area contributed by atoms with Crippen LogP contribution in [0.3, 0.4) is 0 Å². The highest BCUT2D eigenvalue weighted by Gasteiger charge is 2.26. The number of rotatable bonds is 2. The van der Waals surface area contributed by atoms with Crippen LogP contribution in [0.2, 0.25) is 0 Å². The highest BCUT2D eigenvalue weighted by atomic mass is 16.3. The molecule has 0 spiro atoms. The standard InChI is InChI=1S/C14H20N2O2/c1-10-4-6-11(7-5-10)13(15)14(18)16-8-2-3-12(17)9-16/h4-7,12-13,17H,2-3,8-9,15H2,1H3. The third-order valence-corrected chi connectivity index (χ3v) is 3.41. The molecule has 4 heteroatoms. The molecule has 0 saturated carbocycles. The van der Waals surface area contributed by atoms with Gasteiger partial charge in [-0.2, -0.15) is 0 Å². The second kappa shape index (κ2) is 5.50. The van der Waals surface area contributed by atoms with Crippen molar-refractivity contribution in [1.29, 1.82) is 0 Å². The average Bonchev–Trinajstić information content (AvgIpc) is 2.38. The number of nitrogens with zero attached hydrogens (tertiary/aromatic N) is 1. The van der Waals surface area contributed by atoms with Gasteiger partial charge in [0.25, 0.3) is 0 Å². The van der Waals surface area contributed by atoms with Crippen molar-refractivity contribution < 1.29 is 9.90 Å². The number of aliphatic hydroxyl groups is 1. The number of carbonyl (C=O) groups excluding carboxylic acids is 1. The van der Waals surface area contributed by atoms with E-state index in [1.165, 1.54) is 0 Å². The van der Waals surface area contributed by atoms with Crippen LogP contribution in [0.25, 0.3) is 0 Å². The molecule has 1 aliphatic rings. The Morgan fingerprint density at radius 1 is 1.44 bits per heavy atom. The Balaban J connectivity index is 2.06. The van der Waals surface area contributed by atoms with Crippen molar-refractivity contribution in [3.05, 3.63) is 35.4 Å². The summed E-state index contributed by atoms with van der Waals surface area (Å²) in [7, 11) is 0. The lowest BCUT2D eigenvalue weighted by atomic mass is 10.0. The van der Waals surface area contributed by atoms with E-state index in [0.717, 1.165) is 24.0 Å². The van der Waals surface area contributed by atoms with Gasteiger partial charge in [0.05, 0.1) is 6.10 Å². The number of aliphatic hydroxyl groups excluding tert-OH is 1. The monoisotopic (exact) mass is 248 g/mol. The average molecular weight is 248 g/mol. The van der Waals surface area contributed by atoms with Crippen molar-refractivity contribution in [2.45, 2.75) is 31.9 Å². The Bertz CT molecular complexity index is 416. The molecule has 4 nitrogen and oxygen atoms in total. The number of piperidine rings is 1. The van der Waals surface area contributed by atoms with Crippen LogP contribution in [0.4, 0.5) is 0 Å². The molecule has 1 aromatic rings. The lowest BCUT2D eigenvalue weighted by Crippen LogP contribution is -2.46. The first kappa shape index (κ1) is 13.1. The molecule has 0 bridgehead atoms. The van der Waals surface area contributed by atoms with E-state index in [1.807, 2.05) is 31.2 Å². The number of carbonyl (C=O) groups is 1. The van der Waals surface area contributed by atoms with E-state index >= 15 is 0 Å². The highest BCUT2D eigenvalue weighted by Crippen LogP contribution is 2.17. The molecule has 1 aromatic carbocycles. The van der Waals surface area contributed by atoms with E-state index < -0.39 is 12.1 Å². The topological polar surface area (TPSA) is 66.6 Å². The second-order valence-electron chi connectivity index (χ2n) is 4.97. The summed E-state index contributed by atoms with van der Waals surface area (Å²) in [5.41, 5.74) is 7.96. The molecule has 0 aromatic heterocycles. The zero-order chi connectivity index (χ0) is 13.1. The van der Waals surface area contributed by atoms with Crippen molar-refractivity contribution in [3.8, 4) is 0 Å². The van der Waals surface area contributed by atoms with E-state index in [-0.39, 0.29) is 5.91 Å². The zero-order valence-corrected chi connectivity index (χ0v) is 10.7. The summed E-state index contributed by atoms with van der Waals surface area (Å²) >= 11 is 0. The fourth-order valence-corrected chi connectivity index (χ4v) is 2.27. The van der Waals surface area contributed by atoms with Gasteiger partial charge < -0.3 is 15.7 Å². The van der Waals surface area contributed by atoms with Crippen LogP contribution in [-0.2, 0) is 4.79 Å². The third kappa shape index (κ3) is 2.89. The second-order valence-corrected chi connectivity index (χ2v) is 4.97. The number of benzene rings is 1. The van der Waals surface area contributed by atoms with Gasteiger partial charge in [-0.05, 0) is 25.3 Å². The van der Waals surface area contributed by atoms with Crippen LogP contribution in [0.15, 0.2) is 24.3 Å². The Labute approximate surface area is 107 Å². The molecular formula is C14H20N2O2. The first-order valence-corrected chi connectivity index (χ1v) is 6.37. The molecule has 1 amide bonds. The summed E-state index contributed by atoms with van der Waals surface area (Å²) in [6.07, 6.45) is 1.20. The van der Waals surface area contributed by atoms with Crippen LogP contribution < -0.4 is 5.73 Å². The van der Waals surface area contributed by atoms with Gasteiger partial charge in [0, 0.05) is 13.1 Å². The molecule has 98 valence electrons. The molecule has 1 saturated heterocycles. The summed E-state index contributed by atoms with van der Waals surface area (Å²) in [5.74, 6) is -0.0994. The maximum atomic E-state index is 12.2. The molecule has 0 radical (unpaired) electrons. The predicted octanol–water partition coefficient (Wildman–Crippen LogP) is 0.978. The van der Waals surface area contributed by atoms with E-state index in [2.05, 4.69) is 0 Å². The largest absolute Gasteiger partial charge is 0.391 e. The van der Waals surface area contributed by atoms with Crippen molar-refractivity contribution in [1.82, 2.24) is 4.90 Å². The quantitative estimate of drug-likeness (QED) is 0.820. The zero-order valence-electron chi connectivity index (χ0n) is 10.7. The van der Waals surface area contributed by atoms with Gasteiger partial charge in [-0.15, -0.1) is 0 Å². The Morgan fingerprint density at radius 2 is 2.11 bits per heavy atom. The normalized spacial score (nSPS) is 21.7. The third-order valence-electron chi connectivity index (χ3n) is 3.41. The molecule has 2 atom stereocenters. The first-order valence-electron chi connectivity index (χ1n) is 6.37. The molecule has 2 unspecified atom stereocenters. The van der Waals surface area contributed by atoms with E-state index in [0.29, 0.717) is 13.1 Å². The van der Waals surface area contributed by atoms with Crippen molar-refractivity contribution in [2.75, 3.05) is 13.1 Å². The van der Waals surface area contributed by atoms with Crippen molar-refractivity contribution in [3.63, 3.8) is 0 Å². The van der Waals surface area contributed by atoms with Crippen molar-refractivity contribution in [2.24, 2.45) is 5.73 Å². The van der Waals surface area contributed by atoms with Crippen LogP contribution in [0.5, 0.6) is 0 Å². The van der Waals surface area contributed by atoms with Gasteiger partial charge in [-0.25, -0.2) is 0 Å². The fraction of sp³-hybridized carbons (Fsp3) is 0.500. The van der Waals surface area contributed by atoms with E-state index in [4.69, 9.17) is 5.73 Å². The number of amides is 1. The maximum absolute atomic E-state index is 12.2. The van der Waals surface area contributed by atoms with Gasteiger partial charge in [0.1, 0.15) is 6.04 Å². The summed E-state index contributed by atoms with van der Waals surface area (Å²) in [5, 5.41) is 9.58. The number of likely N-dealkylation sites (tertiary alicyclic amines) is 1. The van der Waals surface area contributed by atoms with Crippen LogP contribution in [0, 0.1) is 6.92 Å². The molecule has 1 fully saturated rings. The molecule has 1 heterocycles. The van der Waals surface area contributed by atoms with E-state index in [1.54, 1.807) is 4.90 Å². The lowest BCUT2D eigenvalue weighted by molar-refractivity contribution is -0.135. The van der Waals surface area contributed by atoms with Gasteiger partial charge in [0.15, 0.2) is 0 Å². The van der Waals surface area contributed by atoms with Gasteiger partial charge in [0.2, 0.25) is 5.91 Å². The molecule has 3 N–H and O–H groups in total. The lowest BCUT2D eigenvalue weighted by Gasteiger charge is -2.32. The van der Waals surface area contributed by atoms with Gasteiger partial charge >= 0.3 is 0 Å². The molecule has 0 aliphatic carbocycles.